The molecule has 4 nitrogen and oxygen atoms in total. The molecule has 2 rings (SSSR count). The average Bonchev–Trinajstić information content (AvgIpc) is 2.43. The summed E-state index contributed by atoms with van der Waals surface area (Å²) in [6.07, 6.45) is 3.88. The van der Waals surface area contributed by atoms with Crippen LogP contribution in [0.3, 0.4) is 0 Å². The van der Waals surface area contributed by atoms with E-state index in [2.05, 4.69) is 18.5 Å². The fourth-order valence-electron chi connectivity index (χ4n) is 2.74. The van der Waals surface area contributed by atoms with Crippen molar-refractivity contribution in [3.8, 4) is 0 Å². The number of aromatic nitrogens is 1. The molecule has 1 aromatic rings. The van der Waals surface area contributed by atoms with Crippen LogP contribution in [0.15, 0.2) is 24.3 Å². The van der Waals surface area contributed by atoms with Crippen molar-refractivity contribution in [1.29, 1.82) is 0 Å². The van der Waals surface area contributed by atoms with Gasteiger partial charge in [0.25, 0.3) is 0 Å². The van der Waals surface area contributed by atoms with Crippen molar-refractivity contribution < 1.29 is 9.84 Å². The molecule has 0 saturated carbocycles. The lowest BCUT2D eigenvalue weighted by Gasteiger charge is -2.40. The first-order chi connectivity index (χ1) is 10.2. The SMILES string of the molecule is C=C1CC(O)C(C)(C)OC1C=Cc1c(C)cc(CN)nc1C. The molecule has 2 unspecified atom stereocenters. The highest BCUT2D eigenvalue weighted by Crippen LogP contribution is 2.32. The Bertz CT molecular complexity index is 582. The number of nitrogens with two attached hydrogens (primary N) is 1. The molecule has 0 radical (unpaired) electrons. The first-order valence-electron chi connectivity index (χ1n) is 7.63. The number of nitrogens with zero attached hydrogens (tertiary/aromatic N) is 1. The van der Waals surface area contributed by atoms with Gasteiger partial charge >= 0.3 is 0 Å². The molecule has 0 amide bonds. The van der Waals surface area contributed by atoms with Gasteiger partial charge < -0.3 is 15.6 Å². The van der Waals surface area contributed by atoms with Crippen LogP contribution in [0.2, 0.25) is 0 Å². The van der Waals surface area contributed by atoms with Gasteiger partial charge in [-0.25, -0.2) is 0 Å². The van der Waals surface area contributed by atoms with E-state index in [9.17, 15) is 5.11 Å². The standard InChI is InChI=1S/C18H26N2O2/c1-11-8-14(10-19)20-13(3)15(11)6-7-16-12(2)9-17(21)18(4,5)22-16/h6-8,16-17,21H,2,9-10,19H2,1,3-5H3. The lowest BCUT2D eigenvalue weighted by Crippen LogP contribution is -2.47. The number of rotatable bonds is 3. The van der Waals surface area contributed by atoms with Gasteiger partial charge in [0.15, 0.2) is 0 Å². The number of ether oxygens (including phenoxy) is 1. The summed E-state index contributed by atoms with van der Waals surface area (Å²) in [4.78, 5) is 4.50. The minimum atomic E-state index is -0.568. The second-order valence-electron chi connectivity index (χ2n) is 6.51. The molecule has 22 heavy (non-hydrogen) atoms. The van der Waals surface area contributed by atoms with Crippen molar-refractivity contribution in [1.82, 2.24) is 4.98 Å². The van der Waals surface area contributed by atoms with Crippen molar-refractivity contribution in [2.75, 3.05) is 0 Å². The van der Waals surface area contributed by atoms with Gasteiger partial charge in [-0.1, -0.05) is 18.7 Å². The third-order valence-corrected chi connectivity index (χ3v) is 4.25. The maximum absolute atomic E-state index is 10.0. The van der Waals surface area contributed by atoms with Gasteiger partial charge in [-0.2, -0.15) is 0 Å². The molecule has 1 aliphatic heterocycles. The highest BCUT2D eigenvalue weighted by atomic mass is 16.5. The topological polar surface area (TPSA) is 68.4 Å². The maximum Gasteiger partial charge on any atom is 0.0976 e. The molecule has 2 atom stereocenters. The van der Waals surface area contributed by atoms with Crippen LogP contribution >= 0.6 is 0 Å². The predicted molar refractivity (Wildman–Crippen MR) is 89.4 cm³/mol. The van der Waals surface area contributed by atoms with E-state index in [1.807, 2.05) is 39.0 Å². The third-order valence-electron chi connectivity index (χ3n) is 4.25. The quantitative estimate of drug-likeness (QED) is 0.842. The average molecular weight is 302 g/mol. The second kappa shape index (κ2) is 6.32. The molecular formula is C18H26N2O2. The second-order valence-corrected chi connectivity index (χ2v) is 6.51. The largest absolute Gasteiger partial charge is 0.390 e. The molecule has 3 N–H and O–H groups in total. The summed E-state index contributed by atoms with van der Waals surface area (Å²) in [6, 6.07) is 2.01. The van der Waals surface area contributed by atoms with Gasteiger partial charge in [0.2, 0.25) is 0 Å². The molecule has 0 spiro atoms. The van der Waals surface area contributed by atoms with Gasteiger partial charge in [-0.15, -0.1) is 0 Å². The monoisotopic (exact) mass is 302 g/mol. The Kier molecular flexibility index (Phi) is 4.85. The number of aliphatic hydroxyl groups excluding tert-OH is 1. The summed E-state index contributed by atoms with van der Waals surface area (Å²) in [5.41, 5.74) is 10.1. The smallest absolute Gasteiger partial charge is 0.0976 e. The number of pyridine rings is 1. The molecule has 2 heterocycles. The fraction of sp³-hybridized carbons (Fsp3) is 0.500. The molecule has 120 valence electrons. The number of aryl methyl sites for hydroxylation is 2. The summed E-state index contributed by atoms with van der Waals surface area (Å²) >= 11 is 0. The zero-order chi connectivity index (χ0) is 16.5. The van der Waals surface area contributed by atoms with Crippen LogP contribution in [-0.4, -0.2) is 27.9 Å². The van der Waals surface area contributed by atoms with Crippen LogP contribution < -0.4 is 5.73 Å². The summed E-state index contributed by atoms with van der Waals surface area (Å²) < 4.78 is 5.97. The van der Waals surface area contributed by atoms with E-state index >= 15 is 0 Å². The van der Waals surface area contributed by atoms with E-state index in [1.54, 1.807) is 0 Å². The van der Waals surface area contributed by atoms with Gasteiger partial charge in [0.1, 0.15) is 0 Å². The van der Waals surface area contributed by atoms with E-state index in [4.69, 9.17) is 10.5 Å². The molecular weight excluding hydrogens is 276 g/mol. The normalized spacial score (nSPS) is 24.9. The summed E-state index contributed by atoms with van der Waals surface area (Å²) in [6.45, 7) is 12.3. The molecule has 4 heteroatoms. The minimum Gasteiger partial charge on any atom is -0.390 e. The van der Waals surface area contributed by atoms with Crippen LogP contribution in [0.4, 0.5) is 0 Å². The summed E-state index contributed by atoms with van der Waals surface area (Å²) in [7, 11) is 0. The van der Waals surface area contributed by atoms with E-state index in [0.717, 1.165) is 28.1 Å². The van der Waals surface area contributed by atoms with E-state index in [1.165, 1.54) is 0 Å². The summed E-state index contributed by atoms with van der Waals surface area (Å²) in [5, 5.41) is 10.0. The third kappa shape index (κ3) is 3.46. The van der Waals surface area contributed by atoms with E-state index < -0.39 is 11.7 Å². The Labute approximate surface area is 132 Å². The maximum atomic E-state index is 10.0. The van der Waals surface area contributed by atoms with Crippen molar-refractivity contribution in [3.05, 3.63) is 46.8 Å². The molecule has 1 fully saturated rings. The highest BCUT2D eigenvalue weighted by molar-refractivity contribution is 5.57. The van der Waals surface area contributed by atoms with Crippen molar-refractivity contribution in [3.63, 3.8) is 0 Å². The predicted octanol–water partition coefficient (Wildman–Crippen LogP) is 2.65. The molecule has 1 saturated heterocycles. The Morgan fingerprint density at radius 1 is 1.50 bits per heavy atom. The van der Waals surface area contributed by atoms with E-state index in [-0.39, 0.29) is 6.10 Å². The van der Waals surface area contributed by atoms with Crippen LogP contribution in [0.25, 0.3) is 6.08 Å². The summed E-state index contributed by atoms with van der Waals surface area (Å²) in [5.74, 6) is 0. The number of aliphatic hydroxyl groups is 1. The lowest BCUT2D eigenvalue weighted by molar-refractivity contribution is -0.134. The van der Waals surface area contributed by atoms with Gasteiger partial charge in [0, 0.05) is 12.2 Å². The van der Waals surface area contributed by atoms with Crippen LogP contribution in [0.5, 0.6) is 0 Å². The minimum absolute atomic E-state index is 0.189. The Balaban J connectivity index is 2.23. The zero-order valence-electron chi connectivity index (χ0n) is 13.9. The zero-order valence-corrected chi connectivity index (χ0v) is 13.9. The van der Waals surface area contributed by atoms with Crippen LogP contribution in [0, 0.1) is 13.8 Å². The molecule has 0 aliphatic carbocycles. The van der Waals surface area contributed by atoms with E-state index in [0.29, 0.717) is 13.0 Å². The van der Waals surface area contributed by atoms with Gasteiger partial charge in [-0.05, 0) is 56.9 Å². The Hall–Kier alpha value is -1.49. The number of hydrogen-bond donors (Lipinski definition) is 2. The molecule has 1 aromatic heterocycles. The van der Waals surface area contributed by atoms with Crippen molar-refractivity contribution in [2.45, 2.75) is 58.5 Å². The Morgan fingerprint density at radius 3 is 2.77 bits per heavy atom. The fourth-order valence-corrected chi connectivity index (χ4v) is 2.74. The number of hydrogen-bond acceptors (Lipinski definition) is 4. The van der Waals surface area contributed by atoms with Crippen LogP contribution in [-0.2, 0) is 11.3 Å². The first kappa shape index (κ1) is 16.9. The lowest BCUT2D eigenvalue weighted by atomic mass is 9.88. The highest BCUT2D eigenvalue weighted by Gasteiger charge is 2.37. The van der Waals surface area contributed by atoms with Crippen molar-refractivity contribution in [2.24, 2.45) is 5.73 Å². The van der Waals surface area contributed by atoms with Gasteiger partial charge in [-0.3, -0.25) is 4.98 Å². The molecule has 1 aliphatic rings. The van der Waals surface area contributed by atoms with Crippen molar-refractivity contribution >= 4 is 6.08 Å². The molecule has 0 aromatic carbocycles. The molecule has 0 bridgehead atoms. The first-order valence-corrected chi connectivity index (χ1v) is 7.63. The van der Waals surface area contributed by atoms with Gasteiger partial charge in [0.05, 0.1) is 23.5 Å². The van der Waals surface area contributed by atoms with Crippen LogP contribution in [0.1, 0.15) is 42.8 Å². The Morgan fingerprint density at radius 2 is 2.18 bits per heavy atom.